The van der Waals surface area contributed by atoms with Crippen LogP contribution >= 0.6 is 0 Å². The zero-order valence-electron chi connectivity index (χ0n) is 20.9. The highest BCUT2D eigenvalue weighted by molar-refractivity contribution is 5.90. The van der Waals surface area contributed by atoms with Crippen LogP contribution in [0.5, 0.6) is 5.75 Å². The van der Waals surface area contributed by atoms with E-state index in [1.54, 1.807) is 18.3 Å². The van der Waals surface area contributed by atoms with Crippen LogP contribution in [0.25, 0.3) is 10.8 Å². The summed E-state index contributed by atoms with van der Waals surface area (Å²) < 4.78 is 7.20. The molecule has 1 aromatic heterocycles. The van der Waals surface area contributed by atoms with Gasteiger partial charge < -0.3 is 19.4 Å². The first kappa shape index (κ1) is 25.9. The number of benzene rings is 2. The fraction of sp³-hybridized carbons (Fsp3) is 0.357. The van der Waals surface area contributed by atoms with Crippen molar-refractivity contribution >= 4 is 28.7 Å². The first-order chi connectivity index (χ1) is 16.6. The number of rotatable bonds is 10. The normalized spacial score (nSPS) is 11.8. The number of nitrogens with zero attached hydrogens (tertiary/aromatic N) is 1. The molecule has 0 spiro atoms. The monoisotopic (exact) mass is 476 g/mol. The summed E-state index contributed by atoms with van der Waals surface area (Å²) >= 11 is 0. The Morgan fingerprint density at radius 1 is 1.03 bits per heavy atom. The van der Waals surface area contributed by atoms with Crippen molar-refractivity contribution in [1.29, 1.82) is 0 Å². The lowest BCUT2D eigenvalue weighted by Gasteiger charge is -2.20. The van der Waals surface area contributed by atoms with Gasteiger partial charge in [-0.1, -0.05) is 23.8 Å². The Morgan fingerprint density at radius 2 is 1.71 bits per heavy atom. The molecule has 184 valence electrons. The van der Waals surface area contributed by atoms with E-state index >= 15 is 0 Å². The van der Waals surface area contributed by atoms with Crippen LogP contribution in [-0.2, 0) is 20.9 Å². The Labute approximate surface area is 205 Å². The van der Waals surface area contributed by atoms with Gasteiger partial charge in [0.1, 0.15) is 25.2 Å². The zero-order valence-corrected chi connectivity index (χ0v) is 20.9. The highest BCUT2D eigenvalue weighted by Gasteiger charge is 2.22. The minimum absolute atomic E-state index is 0.119. The van der Waals surface area contributed by atoms with Gasteiger partial charge in [0.25, 0.3) is 5.56 Å². The molecule has 0 aliphatic rings. The number of aromatic nitrogens is 1. The van der Waals surface area contributed by atoms with Crippen LogP contribution in [-0.4, -0.2) is 35.2 Å². The number of aryl methyl sites for hydroxylation is 3. The fourth-order valence-corrected chi connectivity index (χ4v) is 4.10. The summed E-state index contributed by atoms with van der Waals surface area (Å²) in [6, 6.07) is 8.53. The van der Waals surface area contributed by atoms with Gasteiger partial charge in [-0.3, -0.25) is 14.4 Å². The number of ether oxygens (including phenoxy) is 1. The number of aldehydes is 1. The SMILES string of the molecule is Cc1ccc2ccn(CC(=O)NC(CCC=O)C(=O)COc3c(C)c(C)cc(C)c3C)c(=O)c2c1. The zero-order chi connectivity index (χ0) is 25.7. The van der Waals surface area contributed by atoms with Gasteiger partial charge in [0.05, 0.1) is 6.04 Å². The number of nitrogens with one attached hydrogen (secondary N) is 1. The topological polar surface area (TPSA) is 94.5 Å². The molecule has 0 fully saturated rings. The van der Waals surface area contributed by atoms with Crippen LogP contribution in [0.3, 0.4) is 0 Å². The van der Waals surface area contributed by atoms with Crippen molar-refractivity contribution < 1.29 is 19.1 Å². The van der Waals surface area contributed by atoms with Crippen molar-refractivity contribution in [2.24, 2.45) is 0 Å². The summed E-state index contributed by atoms with van der Waals surface area (Å²) in [5.41, 5.74) is 4.72. The maximum absolute atomic E-state index is 13.0. The fourth-order valence-electron chi connectivity index (χ4n) is 4.10. The molecule has 0 radical (unpaired) electrons. The Morgan fingerprint density at radius 3 is 2.37 bits per heavy atom. The molecule has 0 saturated heterocycles. The molecule has 0 bridgehead atoms. The average Bonchev–Trinajstić information content (AvgIpc) is 2.82. The second-order valence-electron chi connectivity index (χ2n) is 9.05. The van der Waals surface area contributed by atoms with Crippen LogP contribution in [0.4, 0.5) is 0 Å². The minimum atomic E-state index is -0.891. The van der Waals surface area contributed by atoms with Crippen LogP contribution in [0, 0.1) is 34.6 Å². The Hall–Kier alpha value is -3.74. The van der Waals surface area contributed by atoms with E-state index in [2.05, 4.69) is 11.4 Å². The van der Waals surface area contributed by atoms with Crippen molar-refractivity contribution in [3.8, 4) is 5.75 Å². The maximum atomic E-state index is 13.0. The summed E-state index contributed by atoms with van der Waals surface area (Å²) in [7, 11) is 0. The highest BCUT2D eigenvalue weighted by Crippen LogP contribution is 2.29. The molecule has 0 saturated carbocycles. The Bertz CT molecular complexity index is 1310. The Kier molecular flexibility index (Phi) is 8.22. The van der Waals surface area contributed by atoms with E-state index in [4.69, 9.17) is 4.74 Å². The summed E-state index contributed by atoms with van der Waals surface area (Å²) in [5.74, 6) is -0.156. The molecule has 2 aromatic carbocycles. The molecule has 35 heavy (non-hydrogen) atoms. The van der Waals surface area contributed by atoms with Crippen molar-refractivity contribution in [1.82, 2.24) is 9.88 Å². The number of pyridine rings is 1. The maximum Gasteiger partial charge on any atom is 0.258 e. The van der Waals surface area contributed by atoms with Crippen LogP contribution in [0.2, 0.25) is 0 Å². The van der Waals surface area contributed by atoms with E-state index in [1.165, 1.54) is 4.57 Å². The lowest BCUT2D eigenvalue weighted by atomic mass is 10.00. The van der Waals surface area contributed by atoms with Gasteiger partial charge in [-0.05, 0) is 80.8 Å². The average molecular weight is 477 g/mol. The molecule has 3 rings (SSSR count). The molecule has 1 atom stereocenters. The summed E-state index contributed by atoms with van der Waals surface area (Å²) in [6.45, 7) is 9.29. The molecule has 7 nitrogen and oxygen atoms in total. The smallest absolute Gasteiger partial charge is 0.258 e. The van der Waals surface area contributed by atoms with Crippen molar-refractivity contribution in [3.63, 3.8) is 0 Å². The molecule has 7 heteroatoms. The number of ketones is 1. The lowest BCUT2D eigenvalue weighted by molar-refractivity contribution is -0.129. The number of carbonyl (C=O) groups excluding carboxylic acids is 3. The van der Waals surface area contributed by atoms with E-state index < -0.39 is 11.9 Å². The van der Waals surface area contributed by atoms with Crippen molar-refractivity contribution in [2.45, 2.75) is 60.0 Å². The highest BCUT2D eigenvalue weighted by atomic mass is 16.5. The van der Waals surface area contributed by atoms with Crippen LogP contribution < -0.4 is 15.6 Å². The molecular weight excluding hydrogens is 444 g/mol. The third-order valence-electron chi connectivity index (χ3n) is 6.40. The third kappa shape index (κ3) is 6.04. The second kappa shape index (κ2) is 11.1. The van der Waals surface area contributed by atoms with Crippen LogP contribution in [0.1, 0.15) is 40.7 Å². The first-order valence-corrected chi connectivity index (χ1v) is 11.7. The van der Waals surface area contributed by atoms with E-state index in [1.807, 2.05) is 46.8 Å². The molecule has 1 heterocycles. The number of Topliss-reactive ketones (excluding diaryl/α,β-unsaturated/α-hetero) is 1. The van der Waals surface area contributed by atoms with E-state index in [0.29, 0.717) is 17.4 Å². The number of fused-ring (bicyclic) bond motifs is 1. The standard InChI is InChI=1S/C28H32N2O5/c1-17-8-9-22-10-11-30(28(34)23(22)13-17)15-26(33)29-24(7-6-12-31)25(32)16-35-27-20(4)18(2)14-19(3)21(27)5/h8-14,24H,6-7,15-16H2,1-5H3,(H,29,33). The van der Waals surface area contributed by atoms with E-state index in [-0.39, 0.29) is 37.3 Å². The summed E-state index contributed by atoms with van der Waals surface area (Å²) in [6.07, 6.45) is 2.56. The van der Waals surface area contributed by atoms with Crippen molar-refractivity contribution in [2.75, 3.05) is 6.61 Å². The summed E-state index contributed by atoms with van der Waals surface area (Å²) in [4.78, 5) is 49.5. The minimum Gasteiger partial charge on any atom is -0.485 e. The number of carbonyl (C=O) groups is 3. The third-order valence-corrected chi connectivity index (χ3v) is 6.40. The molecular formula is C28H32N2O5. The molecule has 1 amide bonds. The summed E-state index contributed by atoms with van der Waals surface area (Å²) in [5, 5.41) is 4.01. The van der Waals surface area contributed by atoms with Crippen molar-refractivity contribution in [3.05, 3.63) is 74.7 Å². The van der Waals surface area contributed by atoms with Crippen LogP contribution in [0.15, 0.2) is 41.3 Å². The quantitative estimate of drug-likeness (QED) is 0.451. The molecule has 1 N–H and O–H groups in total. The number of hydrogen-bond acceptors (Lipinski definition) is 5. The van der Waals surface area contributed by atoms with Gasteiger partial charge in [0.15, 0.2) is 5.78 Å². The van der Waals surface area contributed by atoms with Gasteiger partial charge in [-0.2, -0.15) is 0 Å². The lowest BCUT2D eigenvalue weighted by Crippen LogP contribution is -2.45. The van der Waals surface area contributed by atoms with Gasteiger partial charge in [0, 0.05) is 18.0 Å². The molecule has 0 aliphatic carbocycles. The Balaban J connectivity index is 1.73. The second-order valence-corrected chi connectivity index (χ2v) is 9.05. The van der Waals surface area contributed by atoms with E-state index in [9.17, 15) is 19.2 Å². The molecule has 3 aromatic rings. The van der Waals surface area contributed by atoms with Gasteiger partial charge in [0.2, 0.25) is 5.91 Å². The largest absolute Gasteiger partial charge is 0.485 e. The van der Waals surface area contributed by atoms with Gasteiger partial charge in [-0.25, -0.2) is 0 Å². The number of hydrogen-bond donors (Lipinski definition) is 1. The predicted molar refractivity (Wildman–Crippen MR) is 136 cm³/mol. The molecule has 1 unspecified atom stereocenters. The predicted octanol–water partition coefficient (Wildman–Crippen LogP) is 3.66. The number of amides is 1. The van der Waals surface area contributed by atoms with Gasteiger partial charge in [-0.15, -0.1) is 0 Å². The molecule has 0 aliphatic heterocycles. The van der Waals surface area contributed by atoms with Gasteiger partial charge >= 0.3 is 0 Å². The van der Waals surface area contributed by atoms with E-state index in [0.717, 1.165) is 33.2 Å². The first-order valence-electron chi connectivity index (χ1n) is 11.7.